The van der Waals surface area contributed by atoms with Crippen molar-refractivity contribution < 1.29 is 4.74 Å². The molecule has 0 bridgehead atoms. The molecule has 0 amide bonds. The van der Waals surface area contributed by atoms with E-state index in [1.807, 2.05) is 0 Å². The molecule has 0 radical (unpaired) electrons. The summed E-state index contributed by atoms with van der Waals surface area (Å²) in [7, 11) is -1.47. The van der Waals surface area contributed by atoms with Crippen LogP contribution >= 0.6 is 15.9 Å². The quantitative estimate of drug-likeness (QED) is 0.466. The van der Waals surface area contributed by atoms with Gasteiger partial charge < -0.3 is 4.74 Å². The van der Waals surface area contributed by atoms with Gasteiger partial charge in [-0.3, -0.25) is 0 Å². The van der Waals surface area contributed by atoms with Crippen LogP contribution in [0.1, 0.15) is 53.2 Å². The van der Waals surface area contributed by atoms with Crippen molar-refractivity contribution in [1.29, 1.82) is 0 Å². The van der Waals surface area contributed by atoms with E-state index >= 15 is 0 Å². The van der Waals surface area contributed by atoms with E-state index in [4.69, 9.17) is 4.74 Å². The van der Waals surface area contributed by atoms with Crippen molar-refractivity contribution in [3.05, 3.63) is 45.3 Å². The predicted octanol–water partition coefficient (Wildman–Crippen LogP) is 7.11. The second-order valence-electron chi connectivity index (χ2n) is 7.21. The third kappa shape index (κ3) is 3.46. The van der Waals surface area contributed by atoms with E-state index in [0.717, 1.165) is 4.47 Å². The molecule has 2 atom stereocenters. The lowest BCUT2D eigenvalue weighted by molar-refractivity contribution is 0.106. The lowest BCUT2D eigenvalue weighted by Gasteiger charge is -2.30. The van der Waals surface area contributed by atoms with Gasteiger partial charge in [0.15, 0.2) is 0 Å². The number of benzene rings is 1. The van der Waals surface area contributed by atoms with Crippen molar-refractivity contribution in [1.82, 2.24) is 0 Å². The van der Waals surface area contributed by atoms with Crippen LogP contribution < -0.4 is 0 Å². The van der Waals surface area contributed by atoms with E-state index in [0.29, 0.717) is 11.8 Å². The van der Waals surface area contributed by atoms with Gasteiger partial charge in [0.1, 0.15) is 14.2 Å². The van der Waals surface area contributed by atoms with E-state index < -0.39 is 8.07 Å². The largest absolute Gasteiger partial charge is 0.495 e. The Hall–Kier alpha value is -0.543. The van der Waals surface area contributed by atoms with Gasteiger partial charge in [0, 0.05) is 10.4 Å². The van der Waals surface area contributed by atoms with E-state index in [1.165, 1.54) is 34.7 Å². The highest BCUT2D eigenvalue weighted by Crippen LogP contribution is 2.49. The maximum absolute atomic E-state index is 6.74. The number of rotatable bonds is 6. The number of hydrogen-bond donors (Lipinski definition) is 0. The molecule has 0 unspecified atom stereocenters. The molecule has 3 heteroatoms. The van der Waals surface area contributed by atoms with Crippen molar-refractivity contribution in [2.75, 3.05) is 0 Å². The molecule has 1 heterocycles. The third-order valence-corrected chi connectivity index (χ3v) is 11.9. The Kier molecular flexibility index (Phi) is 6.18. The van der Waals surface area contributed by atoms with Crippen LogP contribution in [0.4, 0.5) is 0 Å². The summed E-state index contributed by atoms with van der Waals surface area (Å²) in [6.45, 7) is 14.1. The molecule has 23 heavy (non-hydrogen) atoms. The van der Waals surface area contributed by atoms with Crippen molar-refractivity contribution in [2.45, 2.75) is 65.8 Å². The molecule has 0 saturated carbocycles. The first-order valence-corrected chi connectivity index (χ1v) is 12.4. The minimum atomic E-state index is -1.47. The molecule has 1 aliphatic rings. The normalized spacial score (nSPS) is 21.9. The Labute approximate surface area is 151 Å². The van der Waals surface area contributed by atoms with Crippen molar-refractivity contribution >= 4 is 24.0 Å². The van der Waals surface area contributed by atoms with Gasteiger partial charge in [-0.05, 0) is 36.1 Å². The van der Waals surface area contributed by atoms with Crippen LogP contribution in [0.2, 0.25) is 18.1 Å². The van der Waals surface area contributed by atoms with E-state index in [1.54, 1.807) is 0 Å². The molecule has 1 aliphatic heterocycles. The molecular formula is C20H31BrOSi. The second kappa shape index (κ2) is 7.56. The summed E-state index contributed by atoms with van der Waals surface area (Å²) in [6, 6.07) is 12.5. The summed E-state index contributed by atoms with van der Waals surface area (Å²) in [6.07, 6.45) is 0.189. The van der Waals surface area contributed by atoms with Crippen LogP contribution in [-0.2, 0) is 4.74 Å². The second-order valence-corrected chi connectivity index (χ2v) is 13.3. The van der Waals surface area contributed by atoms with Crippen LogP contribution in [0.15, 0.2) is 39.7 Å². The molecule has 0 fully saturated rings. The van der Waals surface area contributed by atoms with Gasteiger partial charge in [0.05, 0.1) is 5.38 Å². The molecule has 0 N–H and O–H groups in total. The van der Waals surface area contributed by atoms with Gasteiger partial charge in [-0.15, -0.1) is 0 Å². The highest BCUT2D eigenvalue weighted by atomic mass is 79.9. The minimum absolute atomic E-state index is 0.189. The van der Waals surface area contributed by atoms with Gasteiger partial charge >= 0.3 is 0 Å². The topological polar surface area (TPSA) is 9.23 Å². The molecule has 1 aromatic rings. The summed E-state index contributed by atoms with van der Waals surface area (Å²) in [5, 5.41) is 1.41. The number of halogens is 1. The highest BCUT2D eigenvalue weighted by Gasteiger charge is 2.45. The summed E-state index contributed by atoms with van der Waals surface area (Å²) in [5.41, 5.74) is 2.84. The van der Waals surface area contributed by atoms with Crippen LogP contribution in [0.5, 0.6) is 0 Å². The fraction of sp³-hybridized carbons (Fsp3) is 0.600. The Balaban J connectivity index is 2.45. The molecule has 2 rings (SSSR count). The van der Waals surface area contributed by atoms with Gasteiger partial charge in [0.2, 0.25) is 0 Å². The summed E-state index contributed by atoms with van der Waals surface area (Å²) in [4.78, 5) is 0. The van der Waals surface area contributed by atoms with E-state index in [2.05, 4.69) is 81.7 Å². The number of hydrogen-bond acceptors (Lipinski definition) is 1. The fourth-order valence-electron chi connectivity index (χ4n) is 4.22. The van der Waals surface area contributed by atoms with Crippen LogP contribution in [0.3, 0.4) is 0 Å². The molecular weight excluding hydrogens is 364 g/mol. The molecule has 0 aromatic heterocycles. The summed E-state index contributed by atoms with van der Waals surface area (Å²) < 4.78 is 7.87. The number of ether oxygens (including phenoxy) is 1. The standard InChI is InChI=1S/C20H31BrOSi/c1-7-23(8-2,9-3)20-15(6)18(14(4)5)19(22-20)16-10-12-17(21)13-11-16/h10-14,18-19H,7-9H2,1-6H3/t18-,19+/m1/s1. The van der Waals surface area contributed by atoms with Crippen molar-refractivity contribution in [2.24, 2.45) is 11.8 Å². The fourth-order valence-corrected chi connectivity index (χ4v) is 8.33. The molecule has 0 aliphatic carbocycles. The van der Waals surface area contributed by atoms with Crippen molar-refractivity contribution in [3.8, 4) is 0 Å². The first kappa shape index (κ1) is 18.8. The Bertz CT molecular complexity index is 549. The lowest BCUT2D eigenvalue weighted by atomic mass is 9.83. The average Bonchev–Trinajstić information content (AvgIpc) is 2.89. The lowest BCUT2D eigenvalue weighted by Crippen LogP contribution is -2.35. The van der Waals surface area contributed by atoms with E-state index in [9.17, 15) is 0 Å². The Morgan fingerprint density at radius 2 is 1.57 bits per heavy atom. The monoisotopic (exact) mass is 394 g/mol. The first-order valence-electron chi connectivity index (χ1n) is 9.03. The first-order chi connectivity index (χ1) is 10.9. The van der Waals surface area contributed by atoms with Crippen LogP contribution in [-0.4, -0.2) is 8.07 Å². The maximum atomic E-state index is 6.74. The summed E-state index contributed by atoms with van der Waals surface area (Å²) >= 11 is 3.54. The average molecular weight is 395 g/mol. The highest BCUT2D eigenvalue weighted by molar-refractivity contribution is 9.10. The molecule has 0 spiro atoms. The molecule has 1 nitrogen and oxygen atoms in total. The van der Waals surface area contributed by atoms with Gasteiger partial charge in [-0.1, -0.05) is 80.8 Å². The van der Waals surface area contributed by atoms with Gasteiger partial charge in [-0.2, -0.15) is 0 Å². The van der Waals surface area contributed by atoms with E-state index in [-0.39, 0.29) is 6.10 Å². The minimum Gasteiger partial charge on any atom is -0.495 e. The zero-order valence-corrected chi connectivity index (χ0v) is 18.0. The molecule has 1 aromatic carbocycles. The van der Waals surface area contributed by atoms with Crippen molar-refractivity contribution in [3.63, 3.8) is 0 Å². The van der Waals surface area contributed by atoms with Crippen LogP contribution in [0.25, 0.3) is 0 Å². The van der Waals surface area contributed by atoms with Gasteiger partial charge in [0.25, 0.3) is 0 Å². The Morgan fingerprint density at radius 1 is 1.04 bits per heavy atom. The molecule has 0 saturated heterocycles. The molecule has 128 valence electrons. The van der Waals surface area contributed by atoms with Gasteiger partial charge in [-0.25, -0.2) is 0 Å². The maximum Gasteiger partial charge on any atom is 0.130 e. The SMILES string of the molecule is CC[Si](CC)(CC)C1=C(C)[C@@H](C(C)C)[C@H](c2ccc(Br)cc2)O1. The zero-order valence-electron chi connectivity index (χ0n) is 15.4. The Morgan fingerprint density at radius 3 is 2.00 bits per heavy atom. The smallest absolute Gasteiger partial charge is 0.130 e. The van der Waals surface area contributed by atoms with Crippen LogP contribution in [0, 0.1) is 11.8 Å². The predicted molar refractivity (Wildman–Crippen MR) is 106 cm³/mol. The summed E-state index contributed by atoms with van der Waals surface area (Å²) in [5.74, 6) is 1.10. The third-order valence-electron chi connectivity index (χ3n) is 5.86. The zero-order chi connectivity index (χ0) is 17.2.